The van der Waals surface area contributed by atoms with Gasteiger partial charge in [-0.15, -0.1) is 0 Å². The van der Waals surface area contributed by atoms with Crippen LogP contribution in [-0.2, 0) is 4.79 Å². The highest BCUT2D eigenvalue weighted by molar-refractivity contribution is 5.93. The highest BCUT2D eigenvalue weighted by atomic mass is 16.5. The van der Waals surface area contributed by atoms with Crippen molar-refractivity contribution in [3.63, 3.8) is 0 Å². The van der Waals surface area contributed by atoms with E-state index in [1.165, 1.54) is 19.1 Å². The van der Waals surface area contributed by atoms with Gasteiger partial charge < -0.3 is 24.8 Å². The zero-order valence-corrected chi connectivity index (χ0v) is 12.0. The Kier molecular flexibility index (Phi) is 4.52. The largest absolute Gasteiger partial charge is 0.497 e. The molecule has 1 heterocycles. The number of ether oxygens (including phenoxy) is 2. The first-order valence-electron chi connectivity index (χ1n) is 6.58. The topological polar surface area (TPSA) is 88.1 Å². The summed E-state index contributed by atoms with van der Waals surface area (Å²) in [6.45, 7) is 0.434. The van der Waals surface area contributed by atoms with Gasteiger partial charge in [-0.1, -0.05) is 0 Å². The molecule has 2 N–H and O–H groups in total. The number of carboxylic acids is 1. The van der Waals surface area contributed by atoms with Crippen molar-refractivity contribution < 1.29 is 24.2 Å². The van der Waals surface area contributed by atoms with E-state index in [1.807, 2.05) is 0 Å². The van der Waals surface area contributed by atoms with Crippen molar-refractivity contribution in [3.8, 4) is 11.5 Å². The summed E-state index contributed by atoms with van der Waals surface area (Å²) >= 11 is 0. The van der Waals surface area contributed by atoms with Crippen molar-refractivity contribution in [2.24, 2.45) is 0 Å². The van der Waals surface area contributed by atoms with Crippen LogP contribution in [0.25, 0.3) is 0 Å². The maximum Gasteiger partial charge on any atom is 0.326 e. The second kappa shape index (κ2) is 6.34. The van der Waals surface area contributed by atoms with Crippen molar-refractivity contribution in [2.45, 2.75) is 18.9 Å². The number of nitrogens with one attached hydrogen (secondary N) is 1. The number of amides is 2. The number of rotatable bonds is 4. The fourth-order valence-electron chi connectivity index (χ4n) is 2.34. The van der Waals surface area contributed by atoms with Gasteiger partial charge >= 0.3 is 12.0 Å². The Balaban J connectivity index is 2.14. The molecule has 7 nitrogen and oxygen atoms in total. The van der Waals surface area contributed by atoms with E-state index < -0.39 is 18.0 Å². The van der Waals surface area contributed by atoms with Gasteiger partial charge in [-0.2, -0.15) is 0 Å². The second-order valence-corrected chi connectivity index (χ2v) is 4.72. The zero-order chi connectivity index (χ0) is 15.4. The van der Waals surface area contributed by atoms with E-state index in [4.69, 9.17) is 14.6 Å². The Morgan fingerprint density at radius 2 is 1.86 bits per heavy atom. The van der Waals surface area contributed by atoms with Gasteiger partial charge in [0.05, 0.1) is 14.2 Å². The highest BCUT2D eigenvalue weighted by Crippen LogP contribution is 2.27. The number of anilines is 1. The third-order valence-electron chi connectivity index (χ3n) is 3.40. The van der Waals surface area contributed by atoms with Crippen molar-refractivity contribution in [3.05, 3.63) is 18.2 Å². The predicted molar refractivity (Wildman–Crippen MR) is 75.9 cm³/mol. The lowest BCUT2D eigenvalue weighted by Gasteiger charge is -2.22. The molecule has 7 heteroatoms. The molecule has 21 heavy (non-hydrogen) atoms. The summed E-state index contributed by atoms with van der Waals surface area (Å²) in [5.41, 5.74) is 0.493. The fourth-order valence-corrected chi connectivity index (χ4v) is 2.34. The molecule has 1 saturated heterocycles. The average Bonchev–Trinajstić information content (AvgIpc) is 2.96. The molecule has 0 aliphatic carbocycles. The van der Waals surface area contributed by atoms with Crippen LogP contribution in [0.1, 0.15) is 12.8 Å². The molecule has 0 spiro atoms. The minimum atomic E-state index is -0.981. The Bertz CT molecular complexity index is 524. The predicted octanol–water partition coefficient (Wildman–Crippen LogP) is 1.78. The number of hydrogen-bond donors (Lipinski definition) is 2. The number of carbonyl (C=O) groups is 2. The van der Waals surface area contributed by atoms with E-state index in [1.54, 1.807) is 18.2 Å². The molecule has 0 saturated carbocycles. The molecule has 0 radical (unpaired) electrons. The van der Waals surface area contributed by atoms with Crippen LogP contribution < -0.4 is 14.8 Å². The lowest BCUT2D eigenvalue weighted by atomic mass is 10.2. The van der Waals surface area contributed by atoms with Crippen LogP contribution >= 0.6 is 0 Å². The second-order valence-electron chi connectivity index (χ2n) is 4.72. The molecular formula is C14H18N2O5. The number of urea groups is 1. The molecular weight excluding hydrogens is 276 g/mol. The summed E-state index contributed by atoms with van der Waals surface area (Å²) < 4.78 is 10.2. The van der Waals surface area contributed by atoms with E-state index in [9.17, 15) is 9.59 Å². The Labute approximate surface area is 122 Å². The smallest absolute Gasteiger partial charge is 0.326 e. The van der Waals surface area contributed by atoms with Crippen LogP contribution in [0.4, 0.5) is 10.5 Å². The Hall–Kier alpha value is -2.44. The summed E-state index contributed by atoms with van der Waals surface area (Å²) in [6, 6.07) is 3.78. The van der Waals surface area contributed by atoms with E-state index in [-0.39, 0.29) is 0 Å². The van der Waals surface area contributed by atoms with Crippen LogP contribution in [0.15, 0.2) is 18.2 Å². The first kappa shape index (κ1) is 15.0. The summed E-state index contributed by atoms with van der Waals surface area (Å²) in [5, 5.41) is 11.8. The number of hydrogen-bond acceptors (Lipinski definition) is 4. The first-order valence-corrected chi connectivity index (χ1v) is 6.58. The number of carbonyl (C=O) groups excluding carboxylic acids is 1. The molecule has 0 bridgehead atoms. The molecule has 0 aromatic heterocycles. The number of aliphatic carboxylic acids is 1. The maximum atomic E-state index is 12.2. The van der Waals surface area contributed by atoms with Crippen LogP contribution in [0.3, 0.4) is 0 Å². The minimum absolute atomic E-state index is 0.434. The van der Waals surface area contributed by atoms with Gasteiger partial charge in [-0.3, -0.25) is 0 Å². The van der Waals surface area contributed by atoms with Gasteiger partial charge in [0.25, 0.3) is 0 Å². The van der Waals surface area contributed by atoms with Crippen LogP contribution in [0.5, 0.6) is 11.5 Å². The van der Waals surface area contributed by atoms with E-state index in [2.05, 4.69) is 5.32 Å². The molecule has 1 aromatic carbocycles. The monoisotopic (exact) mass is 294 g/mol. The van der Waals surface area contributed by atoms with Gasteiger partial charge in [0.15, 0.2) is 0 Å². The SMILES string of the molecule is COc1cc(NC(=O)N2CCC[C@@H]2C(=O)O)cc(OC)c1. The maximum absolute atomic E-state index is 12.2. The summed E-state index contributed by atoms with van der Waals surface area (Å²) in [6.07, 6.45) is 1.16. The van der Waals surface area contributed by atoms with Crippen molar-refractivity contribution in [1.29, 1.82) is 0 Å². The van der Waals surface area contributed by atoms with Gasteiger partial charge in [-0.05, 0) is 12.8 Å². The summed E-state index contributed by atoms with van der Waals surface area (Å²) in [5.74, 6) is 0.104. The lowest BCUT2D eigenvalue weighted by molar-refractivity contribution is -0.141. The number of nitrogens with zero attached hydrogens (tertiary/aromatic N) is 1. The van der Waals surface area contributed by atoms with Gasteiger partial charge in [0.2, 0.25) is 0 Å². The third-order valence-corrected chi connectivity index (χ3v) is 3.40. The van der Waals surface area contributed by atoms with Crippen LogP contribution in [-0.4, -0.2) is 48.8 Å². The fraction of sp³-hybridized carbons (Fsp3) is 0.429. The highest BCUT2D eigenvalue weighted by Gasteiger charge is 2.34. The molecule has 2 amide bonds. The number of benzene rings is 1. The normalized spacial score (nSPS) is 17.4. The Morgan fingerprint density at radius 1 is 1.24 bits per heavy atom. The molecule has 1 atom stereocenters. The number of likely N-dealkylation sites (tertiary alicyclic amines) is 1. The molecule has 1 aromatic rings. The minimum Gasteiger partial charge on any atom is -0.497 e. The van der Waals surface area contributed by atoms with Crippen molar-refractivity contribution in [1.82, 2.24) is 4.90 Å². The van der Waals surface area contributed by atoms with Crippen molar-refractivity contribution >= 4 is 17.7 Å². The quantitative estimate of drug-likeness (QED) is 0.883. The van der Waals surface area contributed by atoms with Gasteiger partial charge in [0.1, 0.15) is 17.5 Å². The van der Waals surface area contributed by atoms with Crippen LogP contribution in [0, 0.1) is 0 Å². The van der Waals surface area contributed by atoms with Crippen molar-refractivity contribution in [2.75, 3.05) is 26.1 Å². The molecule has 1 aliphatic heterocycles. The molecule has 1 fully saturated rings. The number of carboxylic acid groups (broad SMARTS) is 1. The number of methoxy groups -OCH3 is 2. The van der Waals surface area contributed by atoms with Gasteiger partial charge in [0, 0.05) is 30.4 Å². The lowest BCUT2D eigenvalue weighted by Crippen LogP contribution is -2.42. The van der Waals surface area contributed by atoms with Crippen LogP contribution in [0.2, 0.25) is 0 Å². The summed E-state index contributed by atoms with van der Waals surface area (Å²) in [4.78, 5) is 24.6. The van der Waals surface area contributed by atoms with E-state index in [0.717, 1.165) is 0 Å². The van der Waals surface area contributed by atoms with E-state index in [0.29, 0.717) is 36.6 Å². The standard InChI is InChI=1S/C14H18N2O5/c1-20-10-6-9(7-11(8-10)21-2)15-14(19)16-5-3-4-12(16)13(17)18/h6-8,12H,3-5H2,1-2H3,(H,15,19)(H,17,18)/t12-/m1/s1. The third kappa shape index (κ3) is 3.36. The van der Waals surface area contributed by atoms with Gasteiger partial charge in [-0.25, -0.2) is 9.59 Å². The zero-order valence-electron chi connectivity index (χ0n) is 12.0. The molecule has 0 unspecified atom stereocenters. The Morgan fingerprint density at radius 3 is 2.38 bits per heavy atom. The molecule has 2 rings (SSSR count). The molecule has 114 valence electrons. The average molecular weight is 294 g/mol. The molecule has 1 aliphatic rings. The van der Waals surface area contributed by atoms with E-state index >= 15 is 0 Å². The summed E-state index contributed by atoms with van der Waals surface area (Å²) in [7, 11) is 3.03. The first-order chi connectivity index (χ1) is 10.0.